The van der Waals surface area contributed by atoms with E-state index in [9.17, 15) is 9.59 Å². The first-order chi connectivity index (χ1) is 11.3. The quantitative estimate of drug-likeness (QED) is 0.802. The summed E-state index contributed by atoms with van der Waals surface area (Å²) in [5.41, 5.74) is 2.93. The van der Waals surface area contributed by atoms with Crippen molar-refractivity contribution in [2.75, 3.05) is 5.32 Å². The zero-order valence-electron chi connectivity index (χ0n) is 14.6. The summed E-state index contributed by atoms with van der Waals surface area (Å²) in [4.78, 5) is 23.6. The number of aromatic nitrogens is 5. The highest BCUT2D eigenvalue weighted by Crippen LogP contribution is 2.11. The van der Waals surface area contributed by atoms with E-state index in [0.717, 1.165) is 17.0 Å². The Kier molecular flexibility index (Phi) is 5.32. The molecule has 2 N–H and O–H groups in total. The molecular formula is C15H23N7O2. The van der Waals surface area contributed by atoms with E-state index in [1.54, 1.807) is 18.5 Å². The van der Waals surface area contributed by atoms with E-state index in [4.69, 9.17) is 0 Å². The largest absolute Gasteiger partial charge is 0.350 e. The van der Waals surface area contributed by atoms with Gasteiger partial charge in [-0.2, -0.15) is 5.10 Å². The number of nitrogens with zero attached hydrogens (tertiary/aromatic N) is 5. The molecule has 24 heavy (non-hydrogen) atoms. The first kappa shape index (κ1) is 17.6. The number of nitrogens with one attached hydrogen (secondary N) is 2. The summed E-state index contributed by atoms with van der Waals surface area (Å²) in [6, 6.07) is 0. The van der Waals surface area contributed by atoms with E-state index < -0.39 is 0 Å². The molecule has 0 spiro atoms. The van der Waals surface area contributed by atoms with Crippen LogP contribution in [0.25, 0.3) is 0 Å². The van der Waals surface area contributed by atoms with Gasteiger partial charge in [0.25, 0.3) is 0 Å². The van der Waals surface area contributed by atoms with Gasteiger partial charge in [-0.25, -0.2) is 4.68 Å². The molecule has 0 saturated carbocycles. The van der Waals surface area contributed by atoms with Gasteiger partial charge >= 0.3 is 0 Å². The van der Waals surface area contributed by atoms with Crippen LogP contribution in [0.4, 0.5) is 5.82 Å². The fourth-order valence-corrected chi connectivity index (χ4v) is 2.17. The molecule has 9 nitrogen and oxygen atoms in total. The third-order valence-corrected chi connectivity index (χ3v) is 3.74. The minimum atomic E-state index is -0.190. The zero-order valence-corrected chi connectivity index (χ0v) is 14.6. The van der Waals surface area contributed by atoms with Gasteiger partial charge < -0.3 is 10.6 Å². The van der Waals surface area contributed by atoms with Crippen LogP contribution in [0.1, 0.15) is 30.8 Å². The monoisotopic (exact) mass is 333 g/mol. The molecule has 2 amide bonds. The summed E-state index contributed by atoms with van der Waals surface area (Å²) in [6.07, 6.45) is 1.53. The van der Waals surface area contributed by atoms with Crippen molar-refractivity contribution in [3.8, 4) is 0 Å². The van der Waals surface area contributed by atoms with E-state index in [1.807, 2.05) is 20.9 Å². The lowest BCUT2D eigenvalue weighted by Crippen LogP contribution is -2.27. The Bertz CT molecular complexity index is 745. The molecule has 0 fully saturated rings. The van der Waals surface area contributed by atoms with Gasteiger partial charge in [-0.3, -0.25) is 14.3 Å². The van der Waals surface area contributed by atoms with E-state index >= 15 is 0 Å². The van der Waals surface area contributed by atoms with Gasteiger partial charge in [0.05, 0.1) is 11.9 Å². The van der Waals surface area contributed by atoms with Crippen LogP contribution < -0.4 is 10.6 Å². The number of hydrogen-bond donors (Lipinski definition) is 2. The molecule has 0 aliphatic heterocycles. The maximum Gasteiger partial charge on any atom is 0.242 e. The molecule has 0 radical (unpaired) electrons. The number of aryl methyl sites for hydroxylation is 2. The number of rotatable bonds is 6. The number of carbonyl (C=O) groups is 2. The highest BCUT2D eigenvalue weighted by atomic mass is 16.2. The molecule has 0 aliphatic rings. The maximum absolute atomic E-state index is 12.0. The average molecular weight is 333 g/mol. The number of anilines is 1. The van der Waals surface area contributed by atoms with Gasteiger partial charge in [0.1, 0.15) is 6.54 Å². The molecular weight excluding hydrogens is 310 g/mol. The number of carbonyl (C=O) groups excluding carboxylic acids is 2. The van der Waals surface area contributed by atoms with Crippen molar-refractivity contribution < 1.29 is 9.59 Å². The highest BCUT2D eigenvalue weighted by Gasteiger charge is 2.13. The second kappa shape index (κ2) is 7.24. The van der Waals surface area contributed by atoms with E-state index in [-0.39, 0.29) is 24.3 Å². The highest BCUT2D eigenvalue weighted by molar-refractivity contribution is 5.90. The lowest BCUT2D eigenvalue weighted by molar-refractivity contribution is -0.122. The minimum Gasteiger partial charge on any atom is -0.350 e. The Morgan fingerprint density at radius 3 is 2.58 bits per heavy atom. The van der Waals surface area contributed by atoms with Crippen LogP contribution in [-0.4, -0.2) is 36.6 Å². The smallest absolute Gasteiger partial charge is 0.242 e. The van der Waals surface area contributed by atoms with Crippen LogP contribution >= 0.6 is 0 Å². The topological polar surface area (TPSA) is 107 Å². The predicted octanol–water partition coefficient (Wildman–Crippen LogP) is 0.539. The maximum atomic E-state index is 12.0. The van der Waals surface area contributed by atoms with Crippen molar-refractivity contribution in [2.24, 2.45) is 13.0 Å². The third kappa shape index (κ3) is 4.18. The molecule has 0 aromatic carbocycles. The van der Waals surface area contributed by atoms with Crippen molar-refractivity contribution >= 4 is 17.6 Å². The summed E-state index contributed by atoms with van der Waals surface area (Å²) < 4.78 is 3.17. The van der Waals surface area contributed by atoms with Crippen molar-refractivity contribution in [2.45, 2.75) is 40.8 Å². The van der Waals surface area contributed by atoms with Crippen LogP contribution in [0, 0.1) is 19.8 Å². The summed E-state index contributed by atoms with van der Waals surface area (Å²) >= 11 is 0. The van der Waals surface area contributed by atoms with Crippen molar-refractivity contribution in [3.63, 3.8) is 0 Å². The Balaban J connectivity index is 1.89. The fraction of sp³-hybridized carbons (Fsp3) is 0.533. The minimum absolute atomic E-state index is 0.0307. The van der Waals surface area contributed by atoms with Gasteiger partial charge in [-0.15, -0.1) is 5.10 Å². The molecule has 0 unspecified atom stereocenters. The van der Waals surface area contributed by atoms with Crippen molar-refractivity contribution in [1.29, 1.82) is 0 Å². The molecule has 2 rings (SSSR count). The van der Waals surface area contributed by atoms with Crippen LogP contribution in [0.5, 0.6) is 0 Å². The molecule has 130 valence electrons. The second-order valence-electron chi connectivity index (χ2n) is 6.00. The molecule has 9 heteroatoms. The molecule has 0 aliphatic carbocycles. The van der Waals surface area contributed by atoms with Crippen LogP contribution in [0.3, 0.4) is 0 Å². The predicted molar refractivity (Wildman–Crippen MR) is 88.0 cm³/mol. The van der Waals surface area contributed by atoms with Crippen LogP contribution in [0.2, 0.25) is 0 Å². The molecule has 2 heterocycles. The van der Waals surface area contributed by atoms with Gasteiger partial charge in [-0.05, 0) is 13.8 Å². The Labute approximate surface area is 140 Å². The second-order valence-corrected chi connectivity index (χ2v) is 6.00. The van der Waals surface area contributed by atoms with E-state index in [1.165, 1.54) is 10.9 Å². The summed E-state index contributed by atoms with van der Waals surface area (Å²) in [6.45, 7) is 7.89. The van der Waals surface area contributed by atoms with Gasteiger partial charge in [0.15, 0.2) is 5.82 Å². The average Bonchev–Trinajstić information content (AvgIpc) is 3.02. The molecule has 0 saturated heterocycles. The first-order valence-electron chi connectivity index (χ1n) is 7.74. The SMILES string of the molecule is Cc1nn(C)c(C)c1CNC(=O)Cn1cc(NC(=O)C(C)C)nn1. The normalized spacial score (nSPS) is 10.9. The Morgan fingerprint density at radius 1 is 1.29 bits per heavy atom. The summed E-state index contributed by atoms with van der Waals surface area (Å²) in [5.74, 6) is -0.150. The number of hydrogen-bond acceptors (Lipinski definition) is 5. The lowest BCUT2D eigenvalue weighted by Gasteiger charge is -2.06. The Hall–Kier alpha value is -2.71. The van der Waals surface area contributed by atoms with E-state index in [2.05, 4.69) is 26.0 Å². The molecule has 0 bridgehead atoms. The fourth-order valence-electron chi connectivity index (χ4n) is 2.17. The van der Waals surface area contributed by atoms with Crippen LogP contribution in [-0.2, 0) is 29.7 Å². The Morgan fingerprint density at radius 2 is 2.00 bits per heavy atom. The van der Waals surface area contributed by atoms with Crippen molar-refractivity contribution in [1.82, 2.24) is 30.1 Å². The number of amides is 2. The summed E-state index contributed by atoms with van der Waals surface area (Å²) in [5, 5.41) is 17.5. The lowest BCUT2D eigenvalue weighted by atomic mass is 10.2. The first-order valence-corrected chi connectivity index (χ1v) is 7.74. The molecule has 2 aromatic rings. The van der Waals surface area contributed by atoms with E-state index in [0.29, 0.717) is 12.4 Å². The van der Waals surface area contributed by atoms with Gasteiger partial charge in [0, 0.05) is 30.8 Å². The molecule has 0 atom stereocenters. The standard InChI is InChI=1S/C15H23N7O2/c1-9(2)15(24)17-13-7-22(20-18-13)8-14(23)16-6-12-10(3)19-21(5)11(12)4/h7,9H,6,8H2,1-5H3,(H,16,23)(H,17,24). The van der Waals surface area contributed by atoms with Gasteiger partial charge in [-0.1, -0.05) is 19.1 Å². The van der Waals surface area contributed by atoms with Gasteiger partial charge in [0.2, 0.25) is 11.8 Å². The molecule has 2 aromatic heterocycles. The van der Waals surface area contributed by atoms with Crippen LogP contribution in [0.15, 0.2) is 6.20 Å². The third-order valence-electron chi connectivity index (χ3n) is 3.74. The van der Waals surface area contributed by atoms with Crippen molar-refractivity contribution in [3.05, 3.63) is 23.1 Å². The summed E-state index contributed by atoms with van der Waals surface area (Å²) in [7, 11) is 1.87. The zero-order chi connectivity index (χ0) is 17.9.